The number of aromatic nitrogens is 2. The van der Waals surface area contributed by atoms with Crippen LogP contribution in [0, 0.1) is 5.92 Å². The molecule has 2 rings (SSSR count). The van der Waals surface area contributed by atoms with Crippen LogP contribution in [0.15, 0.2) is 5.51 Å². The molecule has 0 spiro atoms. The summed E-state index contributed by atoms with van der Waals surface area (Å²) in [6.07, 6.45) is 6.63. The molecule has 1 saturated carbocycles. The lowest BCUT2D eigenvalue weighted by Crippen LogP contribution is -2.18. The average Bonchev–Trinajstić information content (AvgIpc) is 2.58. The summed E-state index contributed by atoms with van der Waals surface area (Å²) in [7, 11) is 0. The summed E-state index contributed by atoms with van der Waals surface area (Å²) in [5.41, 5.74) is 1.78. The summed E-state index contributed by atoms with van der Waals surface area (Å²) in [5.74, 6) is 0.899. The van der Waals surface area contributed by atoms with Crippen LogP contribution >= 0.6 is 11.3 Å². The van der Waals surface area contributed by atoms with Crippen molar-refractivity contribution in [1.82, 2.24) is 10.2 Å². The fourth-order valence-electron chi connectivity index (χ4n) is 2.04. The van der Waals surface area contributed by atoms with Crippen LogP contribution in [0.4, 0.5) is 5.13 Å². The van der Waals surface area contributed by atoms with Crippen molar-refractivity contribution in [3.8, 4) is 0 Å². The highest BCUT2D eigenvalue weighted by atomic mass is 32.1. The maximum absolute atomic E-state index is 4.02. The van der Waals surface area contributed by atoms with Crippen LogP contribution in [0.1, 0.15) is 39.0 Å². The van der Waals surface area contributed by atoms with Gasteiger partial charge in [-0.1, -0.05) is 31.1 Å². The van der Waals surface area contributed by atoms with E-state index in [-0.39, 0.29) is 0 Å². The number of anilines is 1. The highest BCUT2D eigenvalue weighted by Crippen LogP contribution is 2.25. The molecule has 2 atom stereocenters. The smallest absolute Gasteiger partial charge is 0.205 e. The van der Waals surface area contributed by atoms with Gasteiger partial charge in [-0.3, -0.25) is 0 Å². The maximum atomic E-state index is 4.02. The van der Waals surface area contributed by atoms with E-state index in [9.17, 15) is 0 Å². The first-order valence-corrected chi connectivity index (χ1v) is 6.25. The molecule has 78 valence electrons. The van der Waals surface area contributed by atoms with Gasteiger partial charge in [-0.05, 0) is 25.2 Å². The first-order chi connectivity index (χ1) is 6.84. The Morgan fingerprint density at radius 2 is 2.29 bits per heavy atom. The molecule has 0 amide bonds. The van der Waals surface area contributed by atoms with E-state index < -0.39 is 0 Å². The third-order valence-electron chi connectivity index (χ3n) is 2.95. The second kappa shape index (κ2) is 4.73. The molecular weight excluding hydrogens is 194 g/mol. The molecule has 0 saturated heterocycles. The summed E-state index contributed by atoms with van der Waals surface area (Å²) in [4.78, 5) is 0. The van der Waals surface area contributed by atoms with Gasteiger partial charge in [0, 0.05) is 6.04 Å². The van der Waals surface area contributed by atoms with Gasteiger partial charge < -0.3 is 5.32 Å². The number of nitrogens with zero attached hydrogens (tertiary/aromatic N) is 2. The van der Waals surface area contributed by atoms with E-state index in [1.807, 2.05) is 0 Å². The standard InChI is InChI=1S/C10H17N3S/c1-8-3-2-4-9(6-5-8)12-10-13-11-7-14-10/h7-9H,2-6H2,1H3,(H,12,13). The molecule has 1 aliphatic rings. The van der Waals surface area contributed by atoms with Crippen molar-refractivity contribution in [2.45, 2.75) is 45.1 Å². The minimum atomic E-state index is 0.618. The van der Waals surface area contributed by atoms with Crippen LogP contribution in [-0.4, -0.2) is 16.2 Å². The highest BCUT2D eigenvalue weighted by molar-refractivity contribution is 7.13. The second-order valence-corrected chi connectivity index (χ2v) is 5.03. The second-order valence-electron chi connectivity index (χ2n) is 4.20. The van der Waals surface area contributed by atoms with E-state index in [1.165, 1.54) is 32.1 Å². The zero-order valence-corrected chi connectivity index (χ0v) is 9.39. The number of hydrogen-bond acceptors (Lipinski definition) is 4. The van der Waals surface area contributed by atoms with E-state index in [4.69, 9.17) is 0 Å². The Morgan fingerprint density at radius 3 is 3.07 bits per heavy atom. The van der Waals surface area contributed by atoms with Gasteiger partial charge in [0.1, 0.15) is 5.51 Å². The van der Waals surface area contributed by atoms with E-state index >= 15 is 0 Å². The largest absolute Gasteiger partial charge is 0.357 e. The molecule has 1 aromatic rings. The van der Waals surface area contributed by atoms with Crippen LogP contribution in [0.5, 0.6) is 0 Å². The van der Waals surface area contributed by atoms with Crippen molar-refractivity contribution in [3.05, 3.63) is 5.51 Å². The molecule has 1 N–H and O–H groups in total. The number of hydrogen-bond donors (Lipinski definition) is 1. The molecule has 0 radical (unpaired) electrons. The minimum absolute atomic E-state index is 0.618. The summed E-state index contributed by atoms with van der Waals surface area (Å²) in [6.45, 7) is 2.35. The van der Waals surface area contributed by atoms with Crippen molar-refractivity contribution in [2.75, 3.05) is 5.32 Å². The van der Waals surface area contributed by atoms with Gasteiger partial charge in [-0.25, -0.2) is 0 Å². The summed E-state index contributed by atoms with van der Waals surface area (Å²) < 4.78 is 0. The molecule has 1 heterocycles. The molecule has 14 heavy (non-hydrogen) atoms. The Labute approximate surface area is 88.9 Å². The molecular formula is C10H17N3S. The van der Waals surface area contributed by atoms with E-state index in [0.717, 1.165) is 11.0 Å². The van der Waals surface area contributed by atoms with Gasteiger partial charge >= 0.3 is 0 Å². The van der Waals surface area contributed by atoms with Crippen molar-refractivity contribution in [3.63, 3.8) is 0 Å². The Kier molecular flexibility index (Phi) is 3.35. The molecule has 0 bridgehead atoms. The Balaban J connectivity index is 1.86. The first kappa shape index (κ1) is 9.90. The van der Waals surface area contributed by atoms with E-state index in [2.05, 4.69) is 22.4 Å². The van der Waals surface area contributed by atoms with Crippen molar-refractivity contribution >= 4 is 16.5 Å². The summed E-state index contributed by atoms with van der Waals surface area (Å²) in [6, 6.07) is 0.618. The molecule has 1 fully saturated rings. The monoisotopic (exact) mass is 211 g/mol. The zero-order valence-electron chi connectivity index (χ0n) is 8.57. The number of nitrogens with one attached hydrogen (secondary N) is 1. The average molecular weight is 211 g/mol. The SMILES string of the molecule is CC1CCCC(Nc2nncs2)CC1. The number of rotatable bonds is 2. The fraction of sp³-hybridized carbons (Fsp3) is 0.800. The van der Waals surface area contributed by atoms with Crippen LogP contribution in [-0.2, 0) is 0 Å². The molecule has 0 aliphatic heterocycles. The fourth-order valence-corrected chi connectivity index (χ4v) is 2.57. The van der Waals surface area contributed by atoms with Gasteiger partial charge in [-0.2, -0.15) is 0 Å². The Bertz CT molecular complexity index is 260. The van der Waals surface area contributed by atoms with E-state index in [0.29, 0.717) is 6.04 Å². The van der Waals surface area contributed by atoms with Crippen LogP contribution < -0.4 is 5.32 Å². The minimum Gasteiger partial charge on any atom is -0.357 e. The summed E-state index contributed by atoms with van der Waals surface area (Å²) in [5, 5.41) is 12.3. The Morgan fingerprint density at radius 1 is 1.36 bits per heavy atom. The molecule has 2 unspecified atom stereocenters. The molecule has 0 aromatic carbocycles. The van der Waals surface area contributed by atoms with Gasteiger partial charge in [0.15, 0.2) is 0 Å². The molecule has 1 aromatic heterocycles. The van der Waals surface area contributed by atoms with Crippen LogP contribution in [0.25, 0.3) is 0 Å². The topological polar surface area (TPSA) is 37.8 Å². The van der Waals surface area contributed by atoms with Crippen molar-refractivity contribution in [2.24, 2.45) is 5.92 Å². The predicted octanol–water partition coefficient (Wildman–Crippen LogP) is 2.92. The molecule has 1 aliphatic carbocycles. The normalized spacial score (nSPS) is 28.4. The lowest BCUT2D eigenvalue weighted by molar-refractivity contribution is 0.502. The molecule has 4 heteroatoms. The lowest BCUT2D eigenvalue weighted by Gasteiger charge is -2.14. The van der Waals surface area contributed by atoms with Crippen LogP contribution in [0.2, 0.25) is 0 Å². The van der Waals surface area contributed by atoms with Gasteiger partial charge in [0.2, 0.25) is 5.13 Å². The third kappa shape index (κ3) is 2.67. The summed E-state index contributed by atoms with van der Waals surface area (Å²) >= 11 is 1.59. The van der Waals surface area contributed by atoms with Gasteiger partial charge in [-0.15, -0.1) is 10.2 Å². The lowest BCUT2D eigenvalue weighted by atomic mass is 10.0. The van der Waals surface area contributed by atoms with Gasteiger partial charge in [0.25, 0.3) is 0 Å². The first-order valence-electron chi connectivity index (χ1n) is 5.37. The third-order valence-corrected chi connectivity index (χ3v) is 3.57. The van der Waals surface area contributed by atoms with Gasteiger partial charge in [0.05, 0.1) is 0 Å². The highest BCUT2D eigenvalue weighted by Gasteiger charge is 2.16. The molecule has 3 nitrogen and oxygen atoms in total. The van der Waals surface area contributed by atoms with Crippen molar-refractivity contribution in [1.29, 1.82) is 0 Å². The van der Waals surface area contributed by atoms with Crippen LogP contribution in [0.3, 0.4) is 0 Å². The quantitative estimate of drug-likeness (QED) is 0.764. The predicted molar refractivity (Wildman–Crippen MR) is 59.6 cm³/mol. The van der Waals surface area contributed by atoms with Crippen molar-refractivity contribution < 1.29 is 0 Å². The maximum Gasteiger partial charge on any atom is 0.205 e. The Hall–Kier alpha value is -0.640. The van der Waals surface area contributed by atoms with E-state index in [1.54, 1.807) is 16.8 Å². The zero-order chi connectivity index (χ0) is 9.80.